The minimum Gasteiger partial charge on any atom is -0.508 e. The molecule has 0 fully saturated rings. The van der Waals surface area contributed by atoms with Crippen LogP contribution in [0.4, 0.5) is 0 Å². The maximum Gasteiger partial charge on any atom is 0.342 e. The van der Waals surface area contributed by atoms with Crippen LogP contribution in [0, 0.1) is 11.8 Å². The van der Waals surface area contributed by atoms with Gasteiger partial charge >= 0.3 is 5.97 Å². The summed E-state index contributed by atoms with van der Waals surface area (Å²) in [4.78, 5) is 12.5. The normalized spacial score (nSPS) is 32.8. The molecule has 0 saturated heterocycles. The van der Waals surface area contributed by atoms with E-state index >= 15 is 0 Å². The molecule has 0 spiro atoms. The lowest BCUT2D eigenvalue weighted by molar-refractivity contribution is 0.000592. The van der Waals surface area contributed by atoms with Crippen LogP contribution in [-0.2, 0) is 4.74 Å². The number of aromatic hydroxyl groups is 2. The molecular formula is C20H26O6. The van der Waals surface area contributed by atoms with Gasteiger partial charge in [-0.2, -0.15) is 0 Å². The van der Waals surface area contributed by atoms with Crippen molar-refractivity contribution in [3.63, 3.8) is 0 Å². The van der Waals surface area contributed by atoms with Gasteiger partial charge in [0, 0.05) is 17.9 Å². The maximum absolute atomic E-state index is 12.5. The van der Waals surface area contributed by atoms with Crippen LogP contribution in [0.25, 0.3) is 6.08 Å². The minimum atomic E-state index is -0.983. The summed E-state index contributed by atoms with van der Waals surface area (Å²) in [6.07, 6.45) is 4.46. The molecular weight excluding hydrogens is 336 g/mol. The fourth-order valence-electron chi connectivity index (χ4n) is 2.77. The first-order chi connectivity index (χ1) is 12.2. The summed E-state index contributed by atoms with van der Waals surface area (Å²) in [5.74, 6) is -1.68. The lowest BCUT2D eigenvalue weighted by Crippen LogP contribution is -2.31. The Balaban J connectivity index is 2.46. The molecule has 0 aliphatic carbocycles. The predicted molar refractivity (Wildman–Crippen MR) is 97.8 cm³/mol. The summed E-state index contributed by atoms with van der Waals surface area (Å²) in [6.45, 7) is 5.41. The topological polar surface area (TPSA) is 107 Å². The van der Waals surface area contributed by atoms with Crippen LogP contribution in [0.15, 0.2) is 30.4 Å². The van der Waals surface area contributed by atoms with E-state index in [9.17, 15) is 25.2 Å². The second-order valence-electron chi connectivity index (χ2n) is 6.84. The molecule has 1 aromatic carbocycles. The first-order valence-corrected chi connectivity index (χ1v) is 8.68. The van der Waals surface area contributed by atoms with Crippen molar-refractivity contribution in [2.75, 3.05) is 0 Å². The Morgan fingerprint density at radius 1 is 1.04 bits per heavy atom. The van der Waals surface area contributed by atoms with Crippen molar-refractivity contribution in [2.45, 2.75) is 45.5 Å². The third kappa shape index (κ3) is 4.65. The molecule has 0 amide bonds. The van der Waals surface area contributed by atoms with Crippen LogP contribution in [-0.4, -0.2) is 44.7 Å². The molecule has 4 N–H and O–H groups in total. The highest BCUT2D eigenvalue weighted by Crippen LogP contribution is 2.30. The molecule has 26 heavy (non-hydrogen) atoms. The fourth-order valence-corrected chi connectivity index (χ4v) is 2.77. The SMILES string of the molecule is CC1/C=C\[C@@H](C)C(C)OC(=O)c2c(O)cc(O)cc2/C=C/CC(O)C1O. The van der Waals surface area contributed by atoms with Crippen molar-refractivity contribution in [1.29, 1.82) is 0 Å². The molecule has 1 aromatic rings. The van der Waals surface area contributed by atoms with E-state index in [1.165, 1.54) is 12.1 Å². The van der Waals surface area contributed by atoms with Crippen LogP contribution in [0.1, 0.15) is 43.1 Å². The van der Waals surface area contributed by atoms with Gasteiger partial charge in [0.25, 0.3) is 0 Å². The highest BCUT2D eigenvalue weighted by atomic mass is 16.5. The number of carbonyl (C=O) groups excluding carboxylic acids is 1. The number of esters is 1. The van der Waals surface area contributed by atoms with Gasteiger partial charge in [-0.3, -0.25) is 0 Å². The number of phenols is 2. The van der Waals surface area contributed by atoms with Gasteiger partial charge in [0.05, 0.1) is 12.2 Å². The Morgan fingerprint density at radius 3 is 2.38 bits per heavy atom. The highest BCUT2D eigenvalue weighted by Gasteiger charge is 2.24. The van der Waals surface area contributed by atoms with Crippen molar-refractivity contribution >= 4 is 12.0 Å². The average molecular weight is 362 g/mol. The number of aliphatic hydroxyl groups is 2. The summed E-state index contributed by atoms with van der Waals surface area (Å²) < 4.78 is 5.46. The molecule has 0 radical (unpaired) electrons. The van der Waals surface area contributed by atoms with Crippen LogP contribution >= 0.6 is 0 Å². The van der Waals surface area contributed by atoms with Crippen LogP contribution in [0.3, 0.4) is 0 Å². The van der Waals surface area contributed by atoms with Crippen molar-refractivity contribution in [3.8, 4) is 11.5 Å². The fraction of sp³-hybridized carbons (Fsp3) is 0.450. The van der Waals surface area contributed by atoms with Crippen molar-refractivity contribution in [3.05, 3.63) is 41.5 Å². The molecule has 4 unspecified atom stereocenters. The van der Waals surface area contributed by atoms with E-state index in [0.717, 1.165) is 6.07 Å². The monoisotopic (exact) mass is 362 g/mol. The largest absolute Gasteiger partial charge is 0.508 e. The van der Waals surface area contributed by atoms with Crippen molar-refractivity contribution in [2.24, 2.45) is 11.8 Å². The Morgan fingerprint density at radius 2 is 1.69 bits per heavy atom. The molecule has 0 aromatic heterocycles. The van der Waals surface area contributed by atoms with Crippen LogP contribution in [0.2, 0.25) is 0 Å². The molecule has 6 nitrogen and oxygen atoms in total. The second-order valence-corrected chi connectivity index (χ2v) is 6.84. The standard InChI is InChI=1S/C20H26O6/c1-11-7-8-12(2)19(24)16(22)6-4-5-14-9-15(21)10-17(23)18(14)20(25)26-13(11)3/h4-5,7-13,16,19,21-24H,6H2,1-3H3/b5-4+,8-7-/t11-,12?,13?,16?,19?/m1/s1. The van der Waals surface area contributed by atoms with E-state index < -0.39 is 24.3 Å². The number of phenolic OH excluding ortho intramolecular Hbond substituents is 2. The summed E-state index contributed by atoms with van der Waals surface area (Å²) in [6, 6.07) is 2.41. The highest BCUT2D eigenvalue weighted by molar-refractivity contribution is 5.97. The molecule has 0 bridgehead atoms. The predicted octanol–water partition coefficient (Wildman–Crippen LogP) is 2.61. The zero-order chi connectivity index (χ0) is 19.4. The van der Waals surface area contributed by atoms with Gasteiger partial charge in [-0.15, -0.1) is 0 Å². The van der Waals surface area contributed by atoms with Crippen molar-refractivity contribution < 1.29 is 30.0 Å². The summed E-state index contributed by atoms with van der Waals surface area (Å²) in [5.41, 5.74) is 0.220. The number of hydrogen-bond donors (Lipinski definition) is 4. The lowest BCUT2D eigenvalue weighted by atomic mass is 9.94. The third-order valence-electron chi connectivity index (χ3n) is 4.70. The number of carbonyl (C=O) groups is 1. The first-order valence-electron chi connectivity index (χ1n) is 8.68. The van der Waals surface area contributed by atoms with Gasteiger partial charge < -0.3 is 25.2 Å². The van der Waals surface area contributed by atoms with Gasteiger partial charge in [-0.05, 0) is 25.0 Å². The van der Waals surface area contributed by atoms with Gasteiger partial charge in [-0.25, -0.2) is 4.79 Å². The number of hydrogen-bond acceptors (Lipinski definition) is 6. The summed E-state index contributed by atoms with van der Waals surface area (Å²) in [7, 11) is 0. The first kappa shape index (κ1) is 20.0. The number of benzene rings is 1. The van der Waals surface area contributed by atoms with Gasteiger partial charge in [-0.1, -0.05) is 38.2 Å². The van der Waals surface area contributed by atoms with Crippen LogP contribution in [0.5, 0.6) is 11.5 Å². The van der Waals surface area contributed by atoms with E-state index in [4.69, 9.17) is 4.74 Å². The summed E-state index contributed by atoms with van der Waals surface area (Å²) >= 11 is 0. The van der Waals surface area contributed by atoms with Gasteiger partial charge in [0.1, 0.15) is 23.2 Å². The third-order valence-corrected chi connectivity index (χ3v) is 4.70. The zero-order valence-electron chi connectivity index (χ0n) is 15.2. The maximum atomic E-state index is 12.5. The number of rotatable bonds is 0. The molecule has 1 heterocycles. The van der Waals surface area contributed by atoms with E-state index in [2.05, 4.69) is 0 Å². The Hall–Kier alpha value is -2.31. The average Bonchev–Trinajstić information content (AvgIpc) is 2.56. The Labute approximate surface area is 153 Å². The molecule has 6 heteroatoms. The molecule has 142 valence electrons. The zero-order valence-corrected chi connectivity index (χ0v) is 15.2. The molecule has 2 rings (SSSR count). The molecule has 5 atom stereocenters. The molecule has 0 saturated carbocycles. The Bertz CT molecular complexity index is 708. The van der Waals surface area contributed by atoms with Gasteiger partial charge in [0.2, 0.25) is 0 Å². The molecule has 1 aliphatic rings. The lowest BCUT2D eigenvalue weighted by Gasteiger charge is -2.23. The van der Waals surface area contributed by atoms with Gasteiger partial charge in [0.15, 0.2) is 0 Å². The van der Waals surface area contributed by atoms with E-state index in [-0.39, 0.29) is 40.9 Å². The number of aliphatic hydroxyl groups excluding tert-OH is 2. The number of ether oxygens (including phenoxy) is 1. The van der Waals surface area contributed by atoms with E-state index in [1.807, 2.05) is 13.0 Å². The van der Waals surface area contributed by atoms with E-state index in [0.29, 0.717) is 0 Å². The Kier molecular flexibility index (Phi) is 6.45. The number of cyclic esters (lactones) is 1. The summed E-state index contributed by atoms with van der Waals surface area (Å²) in [5, 5.41) is 40.2. The van der Waals surface area contributed by atoms with E-state index in [1.54, 1.807) is 26.0 Å². The minimum absolute atomic E-state index is 0.0532. The number of fused-ring (bicyclic) bond motifs is 1. The molecule has 1 aliphatic heterocycles. The second kappa shape index (κ2) is 8.38. The quantitative estimate of drug-likeness (QED) is 0.417. The van der Waals surface area contributed by atoms with Crippen LogP contribution < -0.4 is 0 Å². The van der Waals surface area contributed by atoms with Crippen molar-refractivity contribution in [1.82, 2.24) is 0 Å². The smallest absolute Gasteiger partial charge is 0.342 e.